The number of phenolic OH excluding ortho intramolecular Hbond substituents is 2. The van der Waals surface area contributed by atoms with Gasteiger partial charge in [0.15, 0.2) is 11.5 Å². The number of aromatic nitrogens is 1. The summed E-state index contributed by atoms with van der Waals surface area (Å²) in [5.41, 5.74) is 0.371. The van der Waals surface area contributed by atoms with E-state index in [0.717, 1.165) is 0 Å². The van der Waals surface area contributed by atoms with Crippen molar-refractivity contribution in [2.75, 3.05) is 0 Å². The van der Waals surface area contributed by atoms with Crippen molar-refractivity contribution in [2.45, 2.75) is 26.9 Å². The van der Waals surface area contributed by atoms with Gasteiger partial charge in [0.05, 0.1) is 0 Å². The minimum atomic E-state index is -0.472. The molecule has 0 atom stereocenters. The molecule has 1 aromatic carbocycles. The molecule has 0 radical (unpaired) electrons. The number of phenols is 2. The van der Waals surface area contributed by atoms with Crippen LogP contribution in [0.1, 0.15) is 29.8 Å². The van der Waals surface area contributed by atoms with Crippen molar-refractivity contribution in [3.8, 4) is 11.5 Å². The molecule has 1 heterocycles. The summed E-state index contributed by atoms with van der Waals surface area (Å²) in [6, 6.07) is 7.44. The lowest BCUT2D eigenvalue weighted by molar-refractivity contribution is 0.0948. The van der Waals surface area contributed by atoms with E-state index in [1.54, 1.807) is 18.3 Å². The number of hydrogen-bond donors (Lipinski definition) is 3. The number of carbonyl (C=O) groups is 1. The van der Waals surface area contributed by atoms with Crippen molar-refractivity contribution in [2.24, 2.45) is 5.92 Å². The Bertz CT molecular complexity index is 765. The Labute approximate surface area is 134 Å². The summed E-state index contributed by atoms with van der Waals surface area (Å²) < 4.78 is 1.52. The molecule has 0 fully saturated rings. The van der Waals surface area contributed by atoms with Crippen LogP contribution in [-0.4, -0.2) is 20.7 Å². The fraction of sp³-hybridized carbons (Fsp3) is 0.294. The van der Waals surface area contributed by atoms with Crippen LogP contribution >= 0.6 is 0 Å². The molecule has 1 aromatic heterocycles. The van der Waals surface area contributed by atoms with Crippen LogP contribution in [0.5, 0.6) is 11.5 Å². The van der Waals surface area contributed by atoms with Gasteiger partial charge in [-0.15, -0.1) is 0 Å². The fourth-order valence-corrected chi connectivity index (χ4v) is 2.20. The van der Waals surface area contributed by atoms with E-state index in [9.17, 15) is 19.8 Å². The largest absolute Gasteiger partial charge is 0.504 e. The van der Waals surface area contributed by atoms with Gasteiger partial charge in [0, 0.05) is 19.3 Å². The second-order valence-corrected chi connectivity index (χ2v) is 5.78. The van der Waals surface area contributed by atoms with Crippen LogP contribution in [0.25, 0.3) is 0 Å². The van der Waals surface area contributed by atoms with E-state index in [1.165, 1.54) is 22.8 Å². The molecule has 23 heavy (non-hydrogen) atoms. The van der Waals surface area contributed by atoms with Crippen LogP contribution in [0.2, 0.25) is 0 Å². The first-order valence-corrected chi connectivity index (χ1v) is 7.37. The van der Waals surface area contributed by atoms with Gasteiger partial charge >= 0.3 is 0 Å². The van der Waals surface area contributed by atoms with Gasteiger partial charge in [-0.1, -0.05) is 19.9 Å². The molecule has 0 bridgehead atoms. The number of carbonyl (C=O) groups excluding carboxylic acids is 1. The number of nitrogens with zero attached hydrogens (tertiary/aromatic N) is 1. The van der Waals surface area contributed by atoms with Gasteiger partial charge in [0.1, 0.15) is 5.56 Å². The lowest BCUT2D eigenvalue weighted by Gasteiger charge is -2.11. The Kier molecular flexibility index (Phi) is 5.05. The molecular formula is C17H20N2O4. The van der Waals surface area contributed by atoms with Gasteiger partial charge in [-0.2, -0.15) is 0 Å². The maximum absolute atomic E-state index is 12.3. The molecule has 0 aliphatic heterocycles. The summed E-state index contributed by atoms with van der Waals surface area (Å²) >= 11 is 0. The molecule has 6 nitrogen and oxygen atoms in total. The predicted octanol–water partition coefficient (Wildman–Crippen LogP) is 1.85. The van der Waals surface area contributed by atoms with Crippen molar-refractivity contribution in [3.05, 3.63) is 58.0 Å². The average Bonchev–Trinajstić information content (AvgIpc) is 2.50. The molecule has 6 heteroatoms. The van der Waals surface area contributed by atoms with Crippen molar-refractivity contribution in [1.29, 1.82) is 0 Å². The number of benzene rings is 1. The zero-order chi connectivity index (χ0) is 17.0. The summed E-state index contributed by atoms with van der Waals surface area (Å²) in [5.74, 6) is -0.651. The van der Waals surface area contributed by atoms with Crippen LogP contribution in [0, 0.1) is 5.92 Å². The zero-order valence-electron chi connectivity index (χ0n) is 13.1. The van der Waals surface area contributed by atoms with E-state index < -0.39 is 5.91 Å². The van der Waals surface area contributed by atoms with Gasteiger partial charge < -0.3 is 20.1 Å². The Hall–Kier alpha value is -2.76. The maximum atomic E-state index is 12.3. The molecule has 122 valence electrons. The molecule has 0 spiro atoms. The number of rotatable bonds is 5. The Morgan fingerprint density at radius 2 is 1.96 bits per heavy atom. The number of nitrogens with one attached hydrogen (secondary N) is 1. The lowest BCUT2D eigenvalue weighted by Crippen LogP contribution is -2.33. The van der Waals surface area contributed by atoms with Crippen molar-refractivity contribution >= 4 is 5.91 Å². The lowest BCUT2D eigenvalue weighted by atomic mass is 10.2. The topological polar surface area (TPSA) is 91.6 Å². The van der Waals surface area contributed by atoms with Gasteiger partial charge in [0.2, 0.25) is 0 Å². The molecule has 0 unspecified atom stereocenters. The third-order valence-corrected chi connectivity index (χ3v) is 3.32. The van der Waals surface area contributed by atoms with Gasteiger partial charge in [0.25, 0.3) is 11.5 Å². The van der Waals surface area contributed by atoms with Gasteiger partial charge in [-0.05, 0) is 35.7 Å². The van der Waals surface area contributed by atoms with E-state index in [4.69, 9.17) is 0 Å². The van der Waals surface area contributed by atoms with Crippen LogP contribution in [0.4, 0.5) is 0 Å². The third-order valence-electron chi connectivity index (χ3n) is 3.32. The number of aromatic hydroxyl groups is 2. The normalized spacial score (nSPS) is 10.7. The predicted molar refractivity (Wildman–Crippen MR) is 86.5 cm³/mol. The highest BCUT2D eigenvalue weighted by Crippen LogP contribution is 2.24. The smallest absolute Gasteiger partial charge is 0.263 e. The molecule has 0 aliphatic rings. The molecular weight excluding hydrogens is 296 g/mol. The average molecular weight is 316 g/mol. The summed E-state index contributed by atoms with van der Waals surface area (Å²) in [6.45, 7) is 4.68. The standard InChI is InChI=1S/C17H20N2O4/c1-11(2)10-19-7-3-4-13(17(19)23)16(22)18-9-12-5-6-14(20)15(21)8-12/h3-8,11,20-21H,9-10H2,1-2H3,(H,18,22). The Morgan fingerprint density at radius 1 is 1.22 bits per heavy atom. The molecule has 0 saturated heterocycles. The first-order valence-electron chi connectivity index (χ1n) is 7.37. The van der Waals surface area contributed by atoms with Crippen molar-refractivity contribution in [3.63, 3.8) is 0 Å². The first kappa shape index (κ1) is 16.6. The molecule has 2 rings (SSSR count). The van der Waals surface area contributed by atoms with E-state index >= 15 is 0 Å². The second-order valence-electron chi connectivity index (χ2n) is 5.78. The highest BCUT2D eigenvalue weighted by molar-refractivity contribution is 5.93. The van der Waals surface area contributed by atoms with Crippen LogP contribution < -0.4 is 10.9 Å². The monoisotopic (exact) mass is 316 g/mol. The highest BCUT2D eigenvalue weighted by Gasteiger charge is 2.12. The summed E-state index contributed by atoms with van der Waals surface area (Å²) in [6.07, 6.45) is 1.66. The van der Waals surface area contributed by atoms with E-state index in [0.29, 0.717) is 18.0 Å². The molecule has 3 N–H and O–H groups in total. The van der Waals surface area contributed by atoms with E-state index in [-0.39, 0.29) is 29.2 Å². The third kappa shape index (κ3) is 4.12. The number of hydrogen-bond acceptors (Lipinski definition) is 4. The van der Waals surface area contributed by atoms with E-state index in [2.05, 4.69) is 5.32 Å². The minimum Gasteiger partial charge on any atom is -0.504 e. The van der Waals surface area contributed by atoms with E-state index in [1.807, 2.05) is 13.8 Å². The SMILES string of the molecule is CC(C)Cn1cccc(C(=O)NCc2ccc(O)c(O)c2)c1=O. The second kappa shape index (κ2) is 7.00. The summed E-state index contributed by atoms with van der Waals surface area (Å²) in [7, 11) is 0. The Balaban J connectivity index is 2.11. The van der Waals surface area contributed by atoms with Crippen molar-refractivity contribution < 1.29 is 15.0 Å². The van der Waals surface area contributed by atoms with Crippen LogP contribution in [-0.2, 0) is 13.1 Å². The molecule has 0 aliphatic carbocycles. The minimum absolute atomic E-state index is 0.0798. The number of amides is 1. The highest BCUT2D eigenvalue weighted by atomic mass is 16.3. The first-order chi connectivity index (χ1) is 10.9. The van der Waals surface area contributed by atoms with Gasteiger partial charge in [-0.3, -0.25) is 9.59 Å². The summed E-state index contributed by atoms with van der Waals surface area (Å²) in [5, 5.41) is 21.3. The van der Waals surface area contributed by atoms with Crippen LogP contribution in [0.3, 0.4) is 0 Å². The van der Waals surface area contributed by atoms with Gasteiger partial charge in [-0.25, -0.2) is 0 Å². The molecule has 1 amide bonds. The maximum Gasteiger partial charge on any atom is 0.263 e. The molecule has 0 saturated carbocycles. The van der Waals surface area contributed by atoms with Crippen LogP contribution in [0.15, 0.2) is 41.3 Å². The van der Waals surface area contributed by atoms with Crippen molar-refractivity contribution in [1.82, 2.24) is 9.88 Å². The quantitative estimate of drug-likeness (QED) is 0.734. The Morgan fingerprint density at radius 3 is 2.61 bits per heavy atom. The molecule has 2 aromatic rings. The fourth-order valence-electron chi connectivity index (χ4n) is 2.20. The summed E-state index contributed by atoms with van der Waals surface area (Å²) in [4.78, 5) is 24.5. The zero-order valence-corrected chi connectivity index (χ0v) is 13.1. The number of pyridine rings is 1.